The minimum atomic E-state index is -0.455. The van der Waals surface area contributed by atoms with Crippen LogP contribution >= 0.6 is 23.4 Å². The van der Waals surface area contributed by atoms with Crippen LogP contribution in [0.2, 0.25) is 5.02 Å². The molecule has 6 nitrogen and oxygen atoms in total. The highest BCUT2D eigenvalue weighted by molar-refractivity contribution is 7.99. The van der Waals surface area contributed by atoms with Crippen LogP contribution in [0.15, 0.2) is 36.4 Å². The molecular weight excluding hydrogens is 448 g/mol. The van der Waals surface area contributed by atoms with Crippen molar-refractivity contribution in [2.45, 2.75) is 44.5 Å². The van der Waals surface area contributed by atoms with E-state index in [9.17, 15) is 9.59 Å². The molecule has 0 bridgehead atoms. The van der Waals surface area contributed by atoms with Crippen LogP contribution in [0.3, 0.4) is 0 Å². The molecule has 168 valence electrons. The molecular formula is C24H25ClN2O4S. The van der Waals surface area contributed by atoms with E-state index in [-0.39, 0.29) is 18.6 Å². The van der Waals surface area contributed by atoms with Gasteiger partial charge in [0.15, 0.2) is 6.79 Å². The summed E-state index contributed by atoms with van der Waals surface area (Å²) >= 11 is 8.13. The minimum Gasteiger partial charge on any atom is -0.467 e. The van der Waals surface area contributed by atoms with E-state index in [0.29, 0.717) is 31.1 Å². The highest BCUT2D eigenvalue weighted by Gasteiger charge is 2.45. The van der Waals surface area contributed by atoms with Gasteiger partial charge in [-0.15, -0.1) is 0 Å². The molecule has 2 aromatic rings. The molecule has 0 aliphatic carbocycles. The Morgan fingerprint density at radius 3 is 2.81 bits per heavy atom. The van der Waals surface area contributed by atoms with Crippen molar-refractivity contribution in [3.63, 3.8) is 0 Å². The zero-order valence-electron chi connectivity index (χ0n) is 17.7. The topological polar surface area (TPSA) is 67.9 Å². The standard InChI is InChI=1S/C24H25ClN2O4S/c25-19-9-17(22-18(10-19)14-30-15-31-22)12-26-21(28)11-24(5-7-32-8-6-24)27-13-16-3-1-2-4-20(16)23(27)29/h1-4,9-10H,5-8,11-15H2,(H,26,28). The molecule has 2 aromatic carbocycles. The van der Waals surface area contributed by atoms with Crippen LogP contribution in [0.1, 0.15) is 46.3 Å². The molecule has 32 heavy (non-hydrogen) atoms. The largest absolute Gasteiger partial charge is 0.467 e. The number of amides is 2. The van der Waals surface area contributed by atoms with Gasteiger partial charge in [-0.05, 0) is 48.1 Å². The zero-order valence-corrected chi connectivity index (χ0v) is 19.3. The average Bonchev–Trinajstić information content (AvgIpc) is 3.15. The third-order valence-electron chi connectivity index (χ3n) is 6.53. The maximum atomic E-state index is 13.2. The summed E-state index contributed by atoms with van der Waals surface area (Å²) in [6.07, 6.45) is 1.93. The molecule has 0 unspecified atom stereocenters. The van der Waals surface area contributed by atoms with Gasteiger partial charge in [-0.2, -0.15) is 11.8 Å². The normalized spacial score (nSPS) is 19.2. The average molecular weight is 473 g/mol. The fourth-order valence-corrected chi connectivity index (χ4v) is 6.39. The lowest BCUT2D eigenvalue weighted by Crippen LogP contribution is -2.53. The molecule has 1 N–H and O–H groups in total. The molecule has 0 spiro atoms. The number of rotatable bonds is 5. The summed E-state index contributed by atoms with van der Waals surface area (Å²) in [5.41, 5.74) is 3.07. The number of halogens is 1. The number of nitrogens with one attached hydrogen (secondary N) is 1. The summed E-state index contributed by atoms with van der Waals surface area (Å²) in [6, 6.07) is 11.4. The van der Waals surface area contributed by atoms with E-state index in [1.165, 1.54) is 0 Å². The third-order valence-corrected chi connectivity index (χ3v) is 7.74. The highest BCUT2D eigenvalue weighted by Crippen LogP contribution is 2.40. The van der Waals surface area contributed by atoms with Gasteiger partial charge in [0, 0.05) is 41.2 Å². The fraction of sp³-hybridized carbons (Fsp3) is 0.417. The number of nitrogens with zero attached hydrogens (tertiary/aromatic N) is 1. The molecule has 0 saturated carbocycles. The van der Waals surface area contributed by atoms with Gasteiger partial charge in [-0.1, -0.05) is 29.8 Å². The second-order valence-electron chi connectivity index (χ2n) is 8.50. The Kier molecular flexibility index (Phi) is 6.05. The lowest BCUT2D eigenvalue weighted by molar-refractivity contribution is -0.124. The first kappa shape index (κ1) is 21.6. The van der Waals surface area contributed by atoms with E-state index in [4.69, 9.17) is 21.1 Å². The molecule has 1 saturated heterocycles. The number of carbonyl (C=O) groups is 2. The summed E-state index contributed by atoms with van der Waals surface area (Å²) in [6.45, 7) is 1.52. The van der Waals surface area contributed by atoms with Crippen molar-refractivity contribution in [3.8, 4) is 5.75 Å². The molecule has 0 radical (unpaired) electrons. The first-order chi connectivity index (χ1) is 15.6. The van der Waals surface area contributed by atoms with Crippen LogP contribution in [-0.2, 0) is 29.2 Å². The first-order valence-corrected chi connectivity index (χ1v) is 12.4. The van der Waals surface area contributed by atoms with Gasteiger partial charge in [-0.25, -0.2) is 0 Å². The Hall–Kier alpha value is -2.22. The molecule has 5 rings (SSSR count). The van der Waals surface area contributed by atoms with E-state index >= 15 is 0 Å². The van der Waals surface area contributed by atoms with Crippen molar-refractivity contribution < 1.29 is 19.1 Å². The quantitative estimate of drug-likeness (QED) is 0.708. The summed E-state index contributed by atoms with van der Waals surface area (Å²) in [7, 11) is 0. The monoisotopic (exact) mass is 472 g/mol. The molecule has 0 atom stereocenters. The van der Waals surface area contributed by atoms with Gasteiger partial charge in [0.1, 0.15) is 5.75 Å². The van der Waals surface area contributed by atoms with Gasteiger partial charge >= 0.3 is 0 Å². The van der Waals surface area contributed by atoms with Crippen LogP contribution in [0.4, 0.5) is 0 Å². The number of fused-ring (bicyclic) bond motifs is 2. The zero-order chi connectivity index (χ0) is 22.1. The maximum absolute atomic E-state index is 13.2. The number of benzene rings is 2. The maximum Gasteiger partial charge on any atom is 0.254 e. The molecule has 8 heteroatoms. The van der Waals surface area contributed by atoms with E-state index < -0.39 is 5.54 Å². The molecule has 0 aromatic heterocycles. The summed E-state index contributed by atoms with van der Waals surface area (Å²) in [5.74, 6) is 2.60. The van der Waals surface area contributed by atoms with Crippen molar-refractivity contribution in [1.82, 2.24) is 10.2 Å². The van der Waals surface area contributed by atoms with Gasteiger partial charge in [-0.3, -0.25) is 9.59 Å². The van der Waals surface area contributed by atoms with Gasteiger partial charge in [0.25, 0.3) is 5.91 Å². The van der Waals surface area contributed by atoms with Crippen LogP contribution in [0.25, 0.3) is 0 Å². The lowest BCUT2D eigenvalue weighted by Gasteiger charge is -2.44. The van der Waals surface area contributed by atoms with Gasteiger partial charge < -0.3 is 19.7 Å². The van der Waals surface area contributed by atoms with Crippen LogP contribution in [0, 0.1) is 0 Å². The number of hydrogen-bond acceptors (Lipinski definition) is 5. The Labute approximate surface area is 196 Å². The van der Waals surface area contributed by atoms with Crippen molar-refractivity contribution in [3.05, 3.63) is 63.7 Å². The second-order valence-corrected chi connectivity index (χ2v) is 10.2. The Morgan fingerprint density at radius 2 is 2.00 bits per heavy atom. The number of thioether (sulfide) groups is 1. The smallest absolute Gasteiger partial charge is 0.254 e. The highest BCUT2D eigenvalue weighted by atomic mass is 35.5. The SMILES string of the molecule is O=C(CC1(N2Cc3ccccc3C2=O)CCSCC1)NCc1cc(Cl)cc2c1OCOC2. The Bertz CT molecular complexity index is 1050. The van der Waals surface area contributed by atoms with E-state index in [1.54, 1.807) is 0 Å². The number of carbonyl (C=O) groups excluding carboxylic acids is 2. The van der Waals surface area contributed by atoms with Crippen molar-refractivity contribution in [1.29, 1.82) is 0 Å². The van der Waals surface area contributed by atoms with E-state index in [2.05, 4.69) is 5.32 Å². The van der Waals surface area contributed by atoms with Crippen LogP contribution < -0.4 is 10.1 Å². The predicted octanol–water partition coefficient (Wildman–Crippen LogP) is 4.13. The summed E-state index contributed by atoms with van der Waals surface area (Å²) < 4.78 is 11.0. The number of ether oxygens (including phenoxy) is 2. The van der Waals surface area contributed by atoms with Gasteiger partial charge in [0.2, 0.25) is 5.91 Å². The second kappa shape index (κ2) is 8.96. The van der Waals surface area contributed by atoms with Crippen molar-refractivity contribution in [2.24, 2.45) is 0 Å². The fourth-order valence-electron chi connectivity index (χ4n) is 4.87. The van der Waals surface area contributed by atoms with Crippen LogP contribution in [-0.4, -0.2) is 40.6 Å². The lowest BCUT2D eigenvalue weighted by atomic mass is 9.86. The Morgan fingerprint density at radius 1 is 1.19 bits per heavy atom. The molecule has 1 fully saturated rings. The third kappa shape index (κ3) is 4.09. The van der Waals surface area contributed by atoms with Crippen LogP contribution in [0.5, 0.6) is 5.75 Å². The van der Waals surface area contributed by atoms with E-state index in [0.717, 1.165) is 52.4 Å². The van der Waals surface area contributed by atoms with Gasteiger partial charge in [0.05, 0.1) is 12.1 Å². The summed E-state index contributed by atoms with van der Waals surface area (Å²) in [5, 5.41) is 3.63. The van der Waals surface area contributed by atoms with E-state index in [1.807, 2.05) is 53.1 Å². The summed E-state index contributed by atoms with van der Waals surface area (Å²) in [4.78, 5) is 28.3. The molecule has 3 heterocycles. The first-order valence-electron chi connectivity index (χ1n) is 10.8. The molecule has 2 amide bonds. The van der Waals surface area contributed by atoms with Crippen molar-refractivity contribution in [2.75, 3.05) is 18.3 Å². The Balaban J connectivity index is 1.32. The van der Waals surface area contributed by atoms with Crippen molar-refractivity contribution >= 4 is 35.2 Å². The number of hydrogen-bond donors (Lipinski definition) is 1. The molecule has 3 aliphatic heterocycles. The minimum absolute atomic E-state index is 0.0395. The predicted molar refractivity (Wildman–Crippen MR) is 124 cm³/mol. The molecule has 3 aliphatic rings.